The quantitative estimate of drug-likeness (QED) is 0.0905. The molecule has 4 fully saturated rings. The average Bonchev–Trinajstić information content (AvgIpc) is 3.80. The van der Waals surface area contributed by atoms with Crippen molar-refractivity contribution in [3.63, 3.8) is 0 Å². The lowest BCUT2D eigenvalue weighted by atomic mass is 9.92. The first kappa shape index (κ1) is 36.4. The van der Waals surface area contributed by atoms with E-state index >= 15 is 13.2 Å². The zero-order chi connectivity index (χ0) is 38.8. The molecule has 4 aliphatic rings. The minimum atomic E-state index is -1.19. The maximum atomic E-state index is 17.5. The third kappa shape index (κ3) is 5.96. The molecule has 288 valence electrons. The molecule has 4 atom stereocenters. The molecule has 3 aromatic carbocycles. The van der Waals surface area contributed by atoms with Crippen LogP contribution in [0.15, 0.2) is 24.3 Å². The van der Waals surface area contributed by atoms with Crippen molar-refractivity contribution in [1.29, 1.82) is 0 Å². The van der Waals surface area contributed by atoms with Crippen LogP contribution in [0.25, 0.3) is 32.8 Å². The van der Waals surface area contributed by atoms with E-state index in [1.54, 1.807) is 4.90 Å². The second kappa shape index (κ2) is 13.9. The van der Waals surface area contributed by atoms with Crippen LogP contribution in [-0.4, -0.2) is 110 Å². The van der Waals surface area contributed by atoms with E-state index in [2.05, 4.69) is 20.5 Å². The molecule has 4 aliphatic heterocycles. The Morgan fingerprint density at radius 3 is 2.45 bits per heavy atom. The van der Waals surface area contributed by atoms with Crippen LogP contribution in [0.2, 0.25) is 0 Å². The molecular formula is C39H37F4N5O7. The summed E-state index contributed by atoms with van der Waals surface area (Å²) in [6, 6.07) is 4.12. The van der Waals surface area contributed by atoms with E-state index in [9.17, 15) is 14.0 Å². The van der Waals surface area contributed by atoms with Gasteiger partial charge in [-0.25, -0.2) is 27.2 Å². The fraction of sp³-hybridized carbons (Fsp3) is 0.436. The second-order valence-electron chi connectivity index (χ2n) is 14.3. The Labute approximate surface area is 313 Å². The third-order valence-corrected chi connectivity index (χ3v) is 11.4. The molecule has 0 aliphatic carbocycles. The maximum Gasteiger partial charge on any atom is 0.513 e. The first-order valence-electron chi connectivity index (χ1n) is 17.9. The van der Waals surface area contributed by atoms with E-state index in [0.29, 0.717) is 25.8 Å². The van der Waals surface area contributed by atoms with Crippen molar-refractivity contribution in [3.05, 3.63) is 47.3 Å². The van der Waals surface area contributed by atoms with E-state index in [1.165, 1.54) is 26.4 Å². The number of halogens is 4. The number of alkyl halides is 1. The van der Waals surface area contributed by atoms with Crippen LogP contribution >= 0.6 is 0 Å². The largest absolute Gasteiger partial charge is 0.513 e. The summed E-state index contributed by atoms with van der Waals surface area (Å²) in [7, 11) is 3.61. The van der Waals surface area contributed by atoms with E-state index in [-0.39, 0.29) is 89.6 Å². The number of hydrogen-bond acceptors (Lipinski definition) is 11. The van der Waals surface area contributed by atoms with E-state index in [1.807, 2.05) is 4.90 Å². The summed E-state index contributed by atoms with van der Waals surface area (Å²) < 4.78 is 91.4. The molecule has 12 nitrogen and oxygen atoms in total. The number of amides is 1. The van der Waals surface area contributed by atoms with Crippen LogP contribution in [0.1, 0.15) is 37.7 Å². The monoisotopic (exact) mass is 763 g/mol. The number of ether oxygens (including phenoxy) is 5. The molecular weight excluding hydrogens is 726 g/mol. The normalized spacial score (nSPS) is 23.2. The highest BCUT2D eigenvalue weighted by Gasteiger charge is 2.50. The zero-order valence-corrected chi connectivity index (χ0v) is 30.3. The van der Waals surface area contributed by atoms with Gasteiger partial charge in [-0.2, -0.15) is 9.97 Å². The average molecular weight is 764 g/mol. The van der Waals surface area contributed by atoms with Gasteiger partial charge in [0, 0.05) is 37.0 Å². The number of carbonyl (C=O) groups is 2. The van der Waals surface area contributed by atoms with Crippen LogP contribution in [0.5, 0.6) is 17.5 Å². The summed E-state index contributed by atoms with van der Waals surface area (Å²) in [5.41, 5.74) is -2.23. The van der Waals surface area contributed by atoms with Crippen molar-refractivity contribution in [3.8, 4) is 41.0 Å². The molecule has 8 rings (SSSR count). The van der Waals surface area contributed by atoms with E-state index in [4.69, 9.17) is 30.4 Å². The Bertz CT molecular complexity index is 2270. The first-order chi connectivity index (χ1) is 26.5. The number of hydrogen-bond donors (Lipinski definition) is 0. The molecule has 5 heterocycles. The van der Waals surface area contributed by atoms with Gasteiger partial charge in [0.05, 0.1) is 55.5 Å². The van der Waals surface area contributed by atoms with Crippen LogP contribution < -0.4 is 19.1 Å². The van der Waals surface area contributed by atoms with Crippen molar-refractivity contribution >= 4 is 39.7 Å². The van der Waals surface area contributed by atoms with Gasteiger partial charge < -0.3 is 28.6 Å². The summed E-state index contributed by atoms with van der Waals surface area (Å²) in [5.74, 6) is -1.43. The Hall–Kier alpha value is -5.56. The Kier molecular flexibility index (Phi) is 9.23. The Balaban J connectivity index is 1.35. The zero-order valence-electron chi connectivity index (χ0n) is 30.3. The lowest BCUT2D eigenvalue weighted by molar-refractivity contribution is 0.0959. The van der Waals surface area contributed by atoms with Gasteiger partial charge in [0.15, 0.2) is 17.4 Å². The SMILES string of the molecule is C#Cc1c(F)ccc2cc(OC(=O)OC)cc(-c3c(F)c(OC)c4c(N5CC6CCC(C5)N6C(=O)OC)nc(OC[C@@]56CCCN5C[C@H](F)C6)nc4c3F)c12. The number of methoxy groups -OCH3 is 3. The molecule has 1 amide bonds. The number of piperazine rings is 1. The van der Waals surface area contributed by atoms with Gasteiger partial charge >= 0.3 is 18.3 Å². The van der Waals surface area contributed by atoms with Crippen LogP contribution in [-0.2, 0) is 9.47 Å². The first-order valence-corrected chi connectivity index (χ1v) is 17.9. The molecule has 2 bridgehead atoms. The minimum absolute atomic E-state index is 0.0227. The highest BCUT2D eigenvalue weighted by molar-refractivity contribution is 6.06. The number of nitrogens with zero attached hydrogens (tertiary/aromatic N) is 5. The number of rotatable bonds is 7. The van der Waals surface area contributed by atoms with E-state index in [0.717, 1.165) is 25.7 Å². The molecule has 0 saturated carbocycles. The predicted molar refractivity (Wildman–Crippen MR) is 192 cm³/mol. The molecule has 4 saturated heterocycles. The molecule has 4 aromatic rings. The van der Waals surface area contributed by atoms with Gasteiger partial charge in [0.2, 0.25) is 0 Å². The lowest BCUT2D eigenvalue weighted by Gasteiger charge is -2.41. The van der Waals surface area contributed by atoms with Crippen molar-refractivity contribution in [2.45, 2.75) is 55.9 Å². The third-order valence-electron chi connectivity index (χ3n) is 11.4. The van der Waals surface area contributed by atoms with Gasteiger partial charge in [-0.05, 0) is 55.8 Å². The number of benzene rings is 3. The van der Waals surface area contributed by atoms with Gasteiger partial charge in [-0.3, -0.25) is 9.80 Å². The number of anilines is 1. The molecule has 2 unspecified atom stereocenters. The molecule has 55 heavy (non-hydrogen) atoms. The van der Waals surface area contributed by atoms with E-state index < -0.39 is 58.2 Å². The molecule has 0 radical (unpaired) electrons. The highest BCUT2D eigenvalue weighted by Crippen LogP contribution is 2.48. The number of fused-ring (bicyclic) bond motifs is 5. The van der Waals surface area contributed by atoms with Gasteiger partial charge in [0.25, 0.3) is 0 Å². The Morgan fingerprint density at radius 1 is 1.00 bits per heavy atom. The number of aromatic nitrogens is 2. The summed E-state index contributed by atoms with van der Waals surface area (Å²) in [4.78, 5) is 39.6. The van der Waals surface area contributed by atoms with Crippen molar-refractivity contribution in [2.75, 3.05) is 59.0 Å². The molecule has 1 aromatic heterocycles. The standard InChI is InChI=1S/C39H37F4N5O7/c1-5-25-27(41)10-7-20-13-24(55-38(50)53-4)14-26(28(20)25)29-31(42)33-30(34(51-2)32(29)43)35(46-17-22-8-9-23(18-46)48(22)37(49)52-3)45-36(44-33)54-19-39-11-6-12-47(39)16-21(40)15-39/h1,7,10,13-14,21-23H,6,8-9,11-12,15-19H2,2-4H3/t21-,22?,23?,39+/m1/s1. The molecule has 0 spiro atoms. The van der Waals surface area contributed by atoms with Crippen molar-refractivity contribution < 1.29 is 50.8 Å². The topological polar surface area (TPSA) is 116 Å². The second-order valence-corrected chi connectivity index (χ2v) is 14.3. The summed E-state index contributed by atoms with van der Waals surface area (Å²) in [6.07, 6.45) is 6.26. The minimum Gasteiger partial charge on any atom is -0.493 e. The molecule has 16 heteroatoms. The maximum absolute atomic E-state index is 17.5. The van der Waals surface area contributed by atoms with Gasteiger partial charge in [-0.15, -0.1) is 6.42 Å². The van der Waals surface area contributed by atoms with Gasteiger partial charge in [0.1, 0.15) is 35.7 Å². The van der Waals surface area contributed by atoms with Crippen molar-refractivity contribution in [1.82, 2.24) is 19.8 Å². The van der Waals surface area contributed by atoms with Crippen molar-refractivity contribution in [2.24, 2.45) is 0 Å². The van der Waals surface area contributed by atoms with Gasteiger partial charge in [-0.1, -0.05) is 12.0 Å². The summed E-state index contributed by atoms with van der Waals surface area (Å²) in [5, 5.41) is 0.0557. The molecule has 0 N–H and O–H groups in total. The number of carbonyl (C=O) groups excluding carboxylic acids is 2. The number of terminal acetylenes is 1. The van der Waals surface area contributed by atoms with Crippen LogP contribution in [0.4, 0.5) is 33.0 Å². The fourth-order valence-corrected chi connectivity index (χ4v) is 9.03. The summed E-state index contributed by atoms with van der Waals surface area (Å²) in [6.45, 7) is 1.50. The van der Waals surface area contributed by atoms with Crippen LogP contribution in [0, 0.1) is 29.8 Å². The lowest BCUT2D eigenvalue weighted by Crippen LogP contribution is -2.56. The predicted octanol–water partition coefficient (Wildman–Crippen LogP) is 6.38. The Morgan fingerprint density at radius 2 is 1.76 bits per heavy atom. The highest BCUT2D eigenvalue weighted by atomic mass is 19.1. The fourth-order valence-electron chi connectivity index (χ4n) is 9.03. The van der Waals surface area contributed by atoms with Crippen LogP contribution in [0.3, 0.4) is 0 Å². The smallest absolute Gasteiger partial charge is 0.493 e. The summed E-state index contributed by atoms with van der Waals surface area (Å²) >= 11 is 0.